The molecule has 0 radical (unpaired) electrons. The number of hydrogen-bond acceptors (Lipinski definition) is 21. The number of phenolic OH excluding ortho intramolecular Hbond substituents is 2. The van der Waals surface area contributed by atoms with Crippen LogP contribution in [0.25, 0.3) is 0 Å². The molecule has 5 aliphatic rings. The Morgan fingerprint density at radius 3 is 1.59 bits per heavy atom. The van der Waals surface area contributed by atoms with Gasteiger partial charge < -0.3 is 115 Å². The Balaban J connectivity index is 0.000000820. The summed E-state index contributed by atoms with van der Waals surface area (Å²) in [6, 6.07) is 1.31. The van der Waals surface area contributed by atoms with Crippen LogP contribution in [0.4, 0.5) is 21.0 Å². The molecule has 27 nitrogen and oxygen atoms in total. The van der Waals surface area contributed by atoms with E-state index in [0.717, 1.165) is 44.6 Å². The fourth-order valence-electron chi connectivity index (χ4n) is 12.5. The summed E-state index contributed by atoms with van der Waals surface area (Å²) in [6.07, 6.45) is 17.1. The number of methoxy groups -OCH3 is 4. The molecule has 12 atom stereocenters. The first-order valence-electron chi connectivity index (χ1n) is 34.0. The number of anilines is 1. The molecule has 582 valence electrons. The molecule has 0 spiro atoms. The molecule has 2 heterocycles. The highest BCUT2D eigenvalue weighted by Gasteiger charge is 2.38. The molecule has 104 heavy (non-hydrogen) atoms. The summed E-state index contributed by atoms with van der Waals surface area (Å²) in [5.74, 6) is -4.41. The number of phenols is 2. The number of rotatable bonds is 14. The second-order valence-corrected chi connectivity index (χ2v) is 27.1. The van der Waals surface area contributed by atoms with E-state index in [1.807, 2.05) is 20.8 Å². The number of aliphatic hydroxyl groups is 2. The van der Waals surface area contributed by atoms with Crippen LogP contribution in [-0.4, -0.2) is 169 Å². The van der Waals surface area contributed by atoms with Crippen molar-refractivity contribution in [2.24, 2.45) is 40.9 Å². The number of primary amides is 2. The van der Waals surface area contributed by atoms with E-state index < -0.39 is 113 Å². The Kier molecular flexibility index (Phi) is 41.6. The third-order valence-corrected chi connectivity index (χ3v) is 18.8. The molecule has 0 unspecified atom stereocenters. The number of aromatic hydroxyl groups is 2. The topological polar surface area (TPSA) is 454 Å². The van der Waals surface area contributed by atoms with Gasteiger partial charge in [-0.2, -0.15) is 0 Å². The number of ether oxygens (including phenoxy) is 6. The number of halogens is 3. The monoisotopic (exact) mass is 1520 g/mol. The van der Waals surface area contributed by atoms with Crippen LogP contribution in [0.15, 0.2) is 125 Å². The maximum absolute atomic E-state index is 13.5. The minimum Gasteiger partial charge on any atom is -1.00 e. The number of nitrogens with one attached hydrogen (secondary N) is 3. The van der Waals surface area contributed by atoms with Gasteiger partial charge in [-0.3, -0.25) is 24.0 Å². The lowest BCUT2D eigenvalue weighted by atomic mass is 9.85. The van der Waals surface area contributed by atoms with Crippen molar-refractivity contribution < 1.29 is 116 Å². The van der Waals surface area contributed by atoms with Crippen LogP contribution in [-0.2, 0) is 63.6 Å². The first-order valence-corrected chi connectivity index (χ1v) is 34.4. The van der Waals surface area contributed by atoms with E-state index in [1.54, 1.807) is 88.5 Å². The molecular weight excluding hydrogens is 1410 g/mol. The number of ketones is 2. The summed E-state index contributed by atoms with van der Waals surface area (Å²) in [6.45, 7) is 22.2. The van der Waals surface area contributed by atoms with Crippen molar-refractivity contribution >= 4 is 82.2 Å². The molecule has 30 heteroatoms. The highest BCUT2D eigenvalue weighted by atomic mass is 35.5. The molecule has 2 fully saturated rings. The van der Waals surface area contributed by atoms with Gasteiger partial charge in [0.25, 0.3) is 11.8 Å². The maximum Gasteiger partial charge on any atom is 0.405 e. The number of quaternary nitrogens is 2. The standard InChI is InChI=1S/C31H45N3O8.C31H43N3O8.C6H10ClNO.C6H11NO2.2ClH/c2*1-8-12-33-26-21-13-17(2)14-25(41-7)27(36)19(4)15-20(5)29(42-31(32)39)24(40-6)11-9-10-18(3)30(38)34-22(28(21)37)16-23(26)35;7-5(9)6(8)3-1-2-4-6;7-6(5(8)9)3-1-2-4-6;;/h8-11,15-17,19,24-25,27,29,33,35-37H,1,12-14H2,2-7H3,(H2,32,39)(H,34,38);8-11,15-17,19,24-25,27,29,33,36H,1,12-14H2,2-7H3,(H2,32,39)(H,34,38);1-4,8H2;1-4,7H2,(H,8,9);2*1H/b2*11-9-,18-10+,20-15+;;;;/t2*17-,19+,24+,25+,27-,29+;;;;/m11..../s1. The summed E-state index contributed by atoms with van der Waals surface area (Å²) < 4.78 is 33.2. The Bertz CT molecular complexity index is 3360. The van der Waals surface area contributed by atoms with E-state index in [0.29, 0.717) is 66.6 Å². The zero-order valence-corrected chi connectivity index (χ0v) is 64.1. The molecule has 18 N–H and O–H groups in total. The van der Waals surface area contributed by atoms with E-state index in [9.17, 15) is 63.9 Å². The van der Waals surface area contributed by atoms with Gasteiger partial charge >= 0.3 is 12.2 Å². The Hall–Kier alpha value is -7.51. The normalized spacial score (nSPS) is 28.8. The molecule has 0 aromatic heterocycles. The van der Waals surface area contributed by atoms with Crippen LogP contribution in [0.5, 0.6) is 11.5 Å². The van der Waals surface area contributed by atoms with E-state index in [-0.39, 0.29) is 94.6 Å². The number of benzene rings is 1. The second kappa shape index (κ2) is 45.8. The number of hydrogen-bond donors (Lipinski definition) is 12. The van der Waals surface area contributed by atoms with Gasteiger partial charge in [0.1, 0.15) is 29.5 Å². The third kappa shape index (κ3) is 28.4. The van der Waals surface area contributed by atoms with E-state index in [1.165, 1.54) is 46.7 Å². The van der Waals surface area contributed by atoms with Crippen molar-refractivity contribution in [1.29, 1.82) is 0 Å². The Morgan fingerprint density at radius 1 is 0.740 bits per heavy atom. The van der Waals surface area contributed by atoms with Crippen LogP contribution in [0, 0.1) is 23.7 Å². The van der Waals surface area contributed by atoms with Gasteiger partial charge in [0.2, 0.25) is 16.8 Å². The third-order valence-electron chi connectivity index (χ3n) is 18.5. The molecule has 0 saturated heterocycles. The molecule has 6 rings (SSSR count). The number of Topliss-reactive ketones (excluding diaryl/α,β-unsaturated/α-hetero) is 1. The zero-order chi connectivity index (χ0) is 76.9. The average Bonchev–Trinajstić information content (AvgIpc) is 1.01. The van der Waals surface area contributed by atoms with Crippen LogP contribution >= 0.6 is 24.0 Å². The van der Waals surface area contributed by atoms with Gasteiger partial charge in [-0.15, -0.1) is 19.0 Å². The van der Waals surface area contributed by atoms with Crippen LogP contribution in [0.1, 0.15) is 132 Å². The van der Waals surface area contributed by atoms with E-state index >= 15 is 0 Å². The molecule has 4 amide bonds. The van der Waals surface area contributed by atoms with Crippen molar-refractivity contribution in [1.82, 2.24) is 10.6 Å². The summed E-state index contributed by atoms with van der Waals surface area (Å²) in [4.78, 5) is 97.0. The predicted molar refractivity (Wildman–Crippen MR) is 391 cm³/mol. The number of nitrogens with two attached hydrogens (primary N) is 4. The molecule has 1 aromatic carbocycles. The number of allylic oxidation sites excluding steroid dienone is 6. The number of carbonyl (C=O) groups excluding carboxylic acids is 8. The van der Waals surface area contributed by atoms with E-state index in [4.69, 9.17) is 57.2 Å². The number of aliphatic hydroxyl groups excluding tert-OH is 2. The van der Waals surface area contributed by atoms with Gasteiger partial charge in [-0.1, -0.05) is 102 Å². The molecule has 2 aliphatic heterocycles. The number of carboxylic acids is 1. The predicted octanol–water partition coefficient (Wildman–Crippen LogP) is 2.22. The second-order valence-electron chi connectivity index (χ2n) is 26.8. The lowest BCUT2D eigenvalue weighted by Gasteiger charge is -2.30. The Morgan fingerprint density at radius 2 is 1.19 bits per heavy atom. The highest BCUT2D eigenvalue weighted by molar-refractivity contribution is 6.65. The number of carbonyl (C=O) groups is 8. The lowest BCUT2D eigenvalue weighted by Crippen LogP contribution is -3.00. The number of aliphatic carboxylic acids is 1. The lowest BCUT2D eigenvalue weighted by molar-refractivity contribution is -0.562. The minimum absolute atomic E-state index is 0. The van der Waals surface area contributed by atoms with Crippen molar-refractivity contribution in [3.63, 3.8) is 0 Å². The summed E-state index contributed by atoms with van der Waals surface area (Å²) >= 11 is 5.26. The van der Waals surface area contributed by atoms with Gasteiger partial charge in [0, 0.05) is 88.5 Å². The number of fused-ring (bicyclic) bond motifs is 4. The quantitative estimate of drug-likeness (QED) is 0.0317. The van der Waals surface area contributed by atoms with Crippen LogP contribution < -0.4 is 61.7 Å². The van der Waals surface area contributed by atoms with Crippen LogP contribution in [0.2, 0.25) is 0 Å². The van der Waals surface area contributed by atoms with E-state index in [2.05, 4.69) is 34.8 Å². The number of amides is 4. The summed E-state index contributed by atoms with van der Waals surface area (Å²) in [5.41, 5.74) is 21.4. The smallest absolute Gasteiger partial charge is 0.405 e. The van der Waals surface area contributed by atoms with Crippen LogP contribution in [0.3, 0.4) is 0 Å². The SMILES string of the molecule is C=CCNC1=C2C[C@@H](C)C[C@H](OC)[C@H](O)[C@@H](C)/C=C(\C)[C@H](OC(N)=O)[C@@H](OC)/C=C\C=C(/C)C(=O)NC(=CC1=O)C2=O.C=CC[NH2+]c1c(O)cc2c(O)c1C[C@@H](C)C[C@H](OC)[C@H](O)[C@@H](C)/C=C(\C)[C@H](OC(N)=O)[C@@H](OC)/C=C\C=C(/C)C(=O)N2.Cl.NC1(C(=O)Cl)CCCC1.[Cl-].[NH3+]C1(C(=O)[O-])CCCC1. The van der Waals surface area contributed by atoms with Gasteiger partial charge in [-0.05, 0) is 120 Å². The van der Waals surface area contributed by atoms with Gasteiger partial charge in [0.05, 0.1) is 59.1 Å². The van der Waals surface area contributed by atoms with Crippen molar-refractivity contribution in [3.05, 3.63) is 131 Å². The largest absolute Gasteiger partial charge is 1.00 e. The highest BCUT2D eigenvalue weighted by Crippen LogP contribution is 2.41. The molecule has 3 aliphatic carbocycles. The number of carboxylic acid groups (broad SMARTS) is 1. The zero-order valence-electron chi connectivity index (χ0n) is 61.8. The van der Waals surface area contributed by atoms with Crippen molar-refractivity contribution in [2.75, 3.05) is 46.8 Å². The molecule has 1 aromatic rings. The van der Waals surface area contributed by atoms with Crippen molar-refractivity contribution in [2.45, 2.75) is 192 Å². The summed E-state index contributed by atoms with van der Waals surface area (Å²) in [5, 5.41) is 64.5. The Labute approximate surface area is 627 Å². The van der Waals surface area contributed by atoms with Crippen molar-refractivity contribution in [3.8, 4) is 11.5 Å². The molecule has 4 bridgehead atoms. The van der Waals surface area contributed by atoms with Gasteiger partial charge in [-0.25, -0.2) is 9.59 Å². The molecule has 2 saturated carbocycles. The first-order chi connectivity index (χ1) is 48.0. The average molecular weight is 1520 g/mol. The molecular formula is C74H111Cl3N8O19. The first kappa shape index (κ1) is 94.5. The fraction of sp³-hybridized carbons (Fsp3) is 0.541. The van der Waals surface area contributed by atoms with Gasteiger partial charge in [0.15, 0.2) is 23.6 Å². The maximum atomic E-state index is 13.5. The fourth-order valence-corrected chi connectivity index (χ4v) is 12.7. The summed E-state index contributed by atoms with van der Waals surface area (Å²) in [7, 11) is 5.88. The minimum atomic E-state index is -1.00.